The summed E-state index contributed by atoms with van der Waals surface area (Å²) in [6.07, 6.45) is 5.09. The number of allylic oxidation sites excluding steroid dienone is 2. The van der Waals surface area contributed by atoms with Crippen molar-refractivity contribution in [1.29, 1.82) is 0 Å². The third-order valence-corrected chi connectivity index (χ3v) is 3.29. The number of halogens is 2. The summed E-state index contributed by atoms with van der Waals surface area (Å²) in [5, 5.41) is 0. The lowest BCUT2D eigenvalue weighted by atomic mass is 9.86. The Morgan fingerprint density at radius 3 is 2.62 bits per heavy atom. The zero-order valence-corrected chi connectivity index (χ0v) is 9.52. The van der Waals surface area contributed by atoms with Gasteiger partial charge in [-0.1, -0.05) is 24.6 Å². The van der Waals surface area contributed by atoms with Gasteiger partial charge in [0.15, 0.2) is 11.6 Å². The highest BCUT2D eigenvalue weighted by molar-refractivity contribution is 5.69. The monoisotopic (exact) mass is 222 g/mol. The molecular formula is C14H16F2. The largest absolute Gasteiger partial charge is 0.204 e. The summed E-state index contributed by atoms with van der Waals surface area (Å²) in [6, 6.07) is 4.45. The van der Waals surface area contributed by atoms with E-state index in [1.165, 1.54) is 18.1 Å². The molecule has 0 atom stereocenters. The van der Waals surface area contributed by atoms with E-state index in [2.05, 4.69) is 6.92 Å². The minimum atomic E-state index is -0.744. The van der Waals surface area contributed by atoms with E-state index in [-0.39, 0.29) is 0 Å². The van der Waals surface area contributed by atoms with Crippen LogP contribution in [0.25, 0.3) is 5.57 Å². The molecule has 2 heteroatoms. The van der Waals surface area contributed by atoms with Crippen LogP contribution in [0.1, 0.15) is 44.6 Å². The van der Waals surface area contributed by atoms with Crippen molar-refractivity contribution in [2.45, 2.75) is 39.0 Å². The fourth-order valence-corrected chi connectivity index (χ4v) is 2.42. The Morgan fingerprint density at radius 2 is 1.88 bits per heavy atom. The van der Waals surface area contributed by atoms with Crippen LogP contribution in [0.2, 0.25) is 0 Å². The average molecular weight is 222 g/mol. The molecule has 1 aromatic carbocycles. The second kappa shape index (κ2) is 4.77. The second-order valence-corrected chi connectivity index (χ2v) is 4.24. The Balaban J connectivity index is 2.49. The fraction of sp³-hybridized carbons (Fsp3) is 0.429. The van der Waals surface area contributed by atoms with Gasteiger partial charge in [-0.3, -0.25) is 0 Å². The van der Waals surface area contributed by atoms with Crippen molar-refractivity contribution >= 4 is 5.57 Å². The van der Waals surface area contributed by atoms with Gasteiger partial charge in [0.1, 0.15) is 0 Å². The summed E-state index contributed by atoms with van der Waals surface area (Å²) < 4.78 is 26.9. The van der Waals surface area contributed by atoms with Gasteiger partial charge in [-0.25, -0.2) is 8.78 Å². The summed E-state index contributed by atoms with van der Waals surface area (Å²) in [7, 11) is 0. The topological polar surface area (TPSA) is 0 Å². The molecule has 86 valence electrons. The summed E-state index contributed by atoms with van der Waals surface area (Å²) in [5.74, 6) is -1.43. The van der Waals surface area contributed by atoms with E-state index >= 15 is 0 Å². The van der Waals surface area contributed by atoms with Gasteiger partial charge in [0.25, 0.3) is 0 Å². The van der Waals surface area contributed by atoms with Gasteiger partial charge in [0.2, 0.25) is 0 Å². The molecule has 0 fully saturated rings. The molecule has 16 heavy (non-hydrogen) atoms. The van der Waals surface area contributed by atoms with E-state index in [9.17, 15) is 8.78 Å². The molecule has 0 saturated carbocycles. The molecule has 1 aliphatic rings. The first kappa shape index (κ1) is 11.3. The summed E-state index contributed by atoms with van der Waals surface area (Å²) >= 11 is 0. The van der Waals surface area contributed by atoms with Crippen LogP contribution in [-0.4, -0.2) is 0 Å². The average Bonchev–Trinajstić information content (AvgIpc) is 2.33. The van der Waals surface area contributed by atoms with Gasteiger partial charge in [0, 0.05) is 5.56 Å². The molecule has 0 aliphatic heterocycles. The SMILES string of the molecule is CCC1=C(c2cccc(F)c2F)CCCC1. The van der Waals surface area contributed by atoms with Crippen LogP contribution in [0, 0.1) is 11.6 Å². The Bertz CT molecular complexity index is 419. The predicted octanol–water partition coefficient (Wildman–Crippen LogP) is 4.70. The van der Waals surface area contributed by atoms with Crippen LogP contribution < -0.4 is 0 Å². The maximum absolute atomic E-state index is 13.7. The van der Waals surface area contributed by atoms with Gasteiger partial charge in [-0.05, 0) is 43.7 Å². The highest BCUT2D eigenvalue weighted by atomic mass is 19.2. The zero-order chi connectivity index (χ0) is 11.5. The van der Waals surface area contributed by atoms with Crippen molar-refractivity contribution in [2.24, 2.45) is 0 Å². The van der Waals surface area contributed by atoms with E-state index < -0.39 is 11.6 Å². The Labute approximate surface area is 95.0 Å². The van der Waals surface area contributed by atoms with E-state index in [0.29, 0.717) is 5.56 Å². The maximum Gasteiger partial charge on any atom is 0.166 e. The van der Waals surface area contributed by atoms with Crippen LogP contribution in [0.4, 0.5) is 8.78 Å². The smallest absolute Gasteiger partial charge is 0.166 e. The highest BCUT2D eigenvalue weighted by Gasteiger charge is 2.17. The van der Waals surface area contributed by atoms with Gasteiger partial charge in [-0.2, -0.15) is 0 Å². The fourth-order valence-electron chi connectivity index (χ4n) is 2.42. The van der Waals surface area contributed by atoms with Crippen LogP contribution >= 0.6 is 0 Å². The molecule has 0 spiro atoms. The van der Waals surface area contributed by atoms with Gasteiger partial charge >= 0.3 is 0 Å². The molecule has 0 heterocycles. The quantitative estimate of drug-likeness (QED) is 0.680. The van der Waals surface area contributed by atoms with Crippen molar-refractivity contribution in [1.82, 2.24) is 0 Å². The minimum Gasteiger partial charge on any atom is -0.204 e. The Hall–Kier alpha value is -1.18. The van der Waals surface area contributed by atoms with Crippen LogP contribution in [0.15, 0.2) is 23.8 Å². The van der Waals surface area contributed by atoms with Crippen LogP contribution in [-0.2, 0) is 0 Å². The maximum atomic E-state index is 13.7. The van der Waals surface area contributed by atoms with Crippen molar-refractivity contribution in [3.05, 3.63) is 41.0 Å². The van der Waals surface area contributed by atoms with Crippen molar-refractivity contribution in [2.75, 3.05) is 0 Å². The van der Waals surface area contributed by atoms with Gasteiger partial charge < -0.3 is 0 Å². The molecule has 2 rings (SSSR count). The van der Waals surface area contributed by atoms with E-state index in [0.717, 1.165) is 31.3 Å². The summed E-state index contributed by atoms with van der Waals surface area (Å²) in [6.45, 7) is 2.08. The molecule has 0 saturated heterocycles. The minimum absolute atomic E-state index is 0.469. The first-order chi connectivity index (χ1) is 7.74. The molecule has 0 aromatic heterocycles. The molecule has 0 nitrogen and oxygen atoms in total. The molecular weight excluding hydrogens is 206 g/mol. The lowest BCUT2D eigenvalue weighted by molar-refractivity contribution is 0.505. The van der Waals surface area contributed by atoms with Gasteiger partial charge in [0.05, 0.1) is 0 Å². The zero-order valence-electron chi connectivity index (χ0n) is 9.52. The van der Waals surface area contributed by atoms with E-state index in [1.54, 1.807) is 12.1 Å². The van der Waals surface area contributed by atoms with E-state index in [4.69, 9.17) is 0 Å². The molecule has 0 unspecified atom stereocenters. The van der Waals surface area contributed by atoms with Crippen LogP contribution in [0.3, 0.4) is 0 Å². The number of hydrogen-bond donors (Lipinski definition) is 0. The number of benzene rings is 1. The molecule has 1 aromatic rings. The third kappa shape index (κ3) is 2.01. The standard InChI is InChI=1S/C14H16F2/c1-2-10-6-3-4-7-11(10)12-8-5-9-13(15)14(12)16/h5,8-9H,2-4,6-7H2,1H3. The lowest BCUT2D eigenvalue weighted by Crippen LogP contribution is -2.02. The molecule has 1 aliphatic carbocycles. The lowest BCUT2D eigenvalue weighted by Gasteiger charge is -2.20. The van der Waals surface area contributed by atoms with Crippen molar-refractivity contribution in [3.8, 4) is 0 Å². The van der Waals surface area contributed by atoms with E-state index in [1.807, 2.05) is 0 Å². The van der Waals surface area contributed by atoms with Crippen molar-refractivity contribution < 1.29 is 8.78 Å². The molecule has 0 amide bonds. The number of hydrogen-bond acceptors (Lipinski definition) is 0. The molecule has 0 N–H and O–H groups in total. The Kier molecular flexibility index (Phi) is 3.37. The normalized spacial score (nSPS) is 16.7. The summed E-state index contributed by atoms with van der Waals surface area (Å²) in [5.41, 5.74) is 2.79. The van der Waals surface area contributed by atoms with Crippen LogP contribution in [0.5, 0.6) is 0 Å². The summed E-state index contributed by atoms with van der Waals surface area (Å²) in [4.78, 5) is 0. The molecule has 0 radical (unpaired) electrons. The van der Waals surface area contributed by atoms with Gasteiger partial charge in [-0.15, -0.1) is 0 Å². The number of rotatable bonds is 2. The first-order valence-corrected chi connectivity index (χ1v) is 5.89. The predicted molar refractivity (Wildman–Crippen MR) is 62.0 cm³/mol. The first-order valence-electron chi connectivity index (χ1n) is 5.89. The second-order valence-electron chi connectivity index (χ2n) is 4.24. The van der Waals surface area contributed by atoms with Crippen molar-refractivity contribution in [3.63, 3.8) is 0 Å². The third-order valence-electron chi connectivity index (χ3n) is 3.29. The highest BCUT2D eigenvalue weighted by Crippen LogP contribution is 2.35. The Morgan fingerprint density at radius 1 is 1.12 bits per heavy atom. The molecule has 0 bridgehead atoms.